The van der Waals surface area contributed by atoms with Gasteiger partial charge in [-0.2, -0.15) is 13.2 Å². The molecule has 1 N–H and O–H groups in total. The molecule has 3 heterocycles. The molecule has 0 aliphatic carbocycles. The molecule has 114 valence electrons. The van der Waals surface area contributed by atoms with Crippen LogP contribution < -0.4 is 5.32 Å². The van der Waals surface area contributed by atoms with Crippen molar-refractivity contribution in [3.05, 3.63) is 35.8 Å². The van der Waals surface area contributed by atoms with Gasteiger partial charge in [0.15, 0.2) is 0 Å². The van der Waals surface area contributed by atoms with E-state index in [-0.39, 0.29) is 12.2 Å². The molecule has 0 saturated heterocycles. The highest BCUT2D eigenvalue weighted by Gasteiger charge is 2.45. The lowest BCUT2D eigenvalue weighted by molar-refractivity contribution is -0.156. The summed E-state index contributed by atoms with van der Waals surface area (Å²) in [6.07, 6.45) is -2.12. The van der Waals surface area contributed by atoms with Crippen molar-refractivity contribution in [1.29, 1.82) is 0 Å². The molecule has 0 aromatic carbocycles. The highest BCUT2D eigenvalue weighted by atomic mass is 19.4. The standard InChI is InChI=1S/C13H15F3N4O/c14-13(15,16)10-4-1-5-20-11(18-19-12(10)20)8-17-7-9-3-2-6-21-9/h2-3,6,10,17H,1,4-5,7-8H2/t10-/m1/s1. The van der Waals surface area contributed by atoms with Gasteiger partial charge in [-0.3, -0.25) is 0 Å². The van der Waals surface area contributed by atoms with E-state index >= 15 is 0 Å². The third-order valence-electron chi connectivity index (χ3n) is 3.60. The SMILES string of the molecule is FC(F)(F)[C@@H]1CCCn2c(CNCc3ccco3)nnc21. The van der Waals surface area contributed by atoms with Gasteiger partial charge in [0.05, 0.1) is 19.4 Å². The molecule has 2 aromatic heterocycles. The first kappa shape index (κ1) is 14.1. The van der Waals surface area contributed by atoms with Gasteiger partial charge in [0.2, 0.25) is 0 Å². The van der Waals surface area contributed by atoms with Crippen molar-refractivity contribution in [1.82, 2.24) is 20.1 Å². The average Bonchev–Trinajstić information content (AvgIpc) is 3.07. The predicted octanol–water partition coefficient (Wildman–Crippen LogP) is 2.60. The minimum Gasteiger partial charge on any atom is -0.468 e. The molecule has 0 radical (unpaired) electrons. The van der Waals surface area contributed by atoms with E-state index in [0.717, 1.165) is 5.76 Å². The molecule has 0 amide bonds. The van der Waals surface area contributed by atoms with Crippen molar-refractivity contribution < 1.29 is 17.6 Å². The van der Waals surface area contributed by atoms with Gasteiger partial charge in [-0.15, -0.1) is 10.2 Å². The Labute approximate surface area is 119 Å². The molecule has 0 unspecified atom stereocenters. The van der Waals surface area contributed by atoms with Crippen LogP contribution in [0, 0.1) is 0 Å². The minimum absolute atomic E-state index is 0.0311. The third kappa shape index (κ3) is 2.94. The summed E-state index contributed by atoms with van der Waals surface area (Å²) in [5, 5.41) is 10.7. The van der Waals surface area contributed by atoms with Gasteiger partial charge in [0.1, 0.15) is 23.3 Å². The number of halogens is 3. The van der Waals surface area contributed by atoms with Gasteiger partial charge in [0.25, 0.3) is 0 Å². The molecule has 2 aromatic rings. The van der Waals surface area contributed by atoms with Crippen LogP contribution in [-0.2, 0) is 19.6 Å². The number of aromatic nitrogens is 3. The van der Waals surface area contributed by atoms with Crippen molar-refractivity contribution >= 4 is 0 Å². The number of rotatable bonds is 4. The Bertz CT molecular complexity index is 591. The zero-order valence-corrected chi connectivity index (χ0v) is 11.2. The molecule has 8 heteroatoms. The van der Waals surface area contributed by atoms with Crippen LogP contribution in [0.3, 0.4) is 0 Å². The van der Waals surface area contributed by atoms with Crippen LogP contribution in [0.2, 0.25) is 0 Å². The molecular weight excluding hydrogens is 285 g/mol. The molecule has 0 saturated carbocycles. The molecule has 3 rings (SSSR count). The van der Waals surface area contributed by atoms with Crippen molar-refractivity contribution in [3.8, 4) is 0 Å². The Morgan fingerprint density at radius 3 is 2.90 bits per heavy atom. The van der Waals surface area contributed by atoms with Crippen molar-refractivity contribution in [2.75, 3.05) is 0 Å². The van der Waals surface area contributed by atoms with E-state index in [9.17, 15) is 13.2 Å². The van der Waals surface area contributed by atoms with Gasteiger partial charge in [-0.1, -0.05) is 0 Å². The van der Waals surface area contributed by atoms with E-state index in [1.165, 1.54) is 0 Å². The Kier molecular flexibility index (Phi) is 3.71. The number of nitrogens with one attached hydrogen (secondary N) is 1. The summed E-state index contributed by atoms with van der Waals surface area (Å²) in [6.45, 7) is 1.39. The molecule has 0 spiro atoms. The summed E-state index contributed by atoms with van der Waals surface area (Å²) < 4.78 is 45.6. The summed E-state index contributed by atoms with van der Waals surface area (Å²) in [5.41, 5.74) is 0. The van der Waals surface area contributed by atoms with Crippen LogP contribution in [0.4, 0.5) is 13.2 Å². The molecule has 21 heavy (non-hydrogen) atoms. The van der Waals surface area contributed by atoms with Crippen LogP contribution in [-0.4, -0.2) is 20.9 Å². The topological polar surface area (TPSA) is 55.9 Å². The van der Waals surface area contributed by atoms with Crippen LogP contribution in [0.15, 0.2) is 22.8 Å². The third-order valence-corrected chi connectivity index (χ3v) is 3.60. The normalized spacial score (nSPS) is 18.7. The largest absolute Gasteiger partial charge is 0.468 e. The molecule has 0 bridgehead atoms. The van der Waals surface area contributed by atoms with Gasteiger partial charge >= 0.3 is 6.18 Å². The van der Waals surface area contributed by atoms with E-state index < -0.39 is 12.1 Å². The second-order valence-corrected chi connectivity index (χ2v) is 5.05. The van der Waals surface area contributed by atoms with Gasteiger partial charge in [-0.25, -0.2) is 0 Å². The summed E-state index contributed by atoms with van der Waals surface area (Å²) in [6, 6.07) is 3.61. The zero-order valence-electron chi connectivity index (χ0n) is 11.2. The molecule has 1 aliphatic heterocycles. The first-order valence-electron chi connectivity index (χ1n) is 6.77. The number of alkyl halides is 3. The summed E-state index contributed by atoms with van der Waals surface area (Å²) in [7, 11) is 0. The van der Waals surface area contributed by atoms with Crippen LogP contribution in [0.1, 0.15) is 36.2 Å². The van der Waals surface area contributed by atoms with Gasteiger partial charge in [-0.05, 0) is 25.0 Å². The number of nitrogens with zero attached hydrogens (tertiary/aromatic N) is 3. The average molecular weight is 300 g/mol. The monoisotopic (exact) mass is 300 g/mol. The zero-order chi connectivity index (χ0) is 14.9. The van der Waals surface area contributed by atoms with Crippen molar-refractivity contribution in [3.63, 3.8) is 0 Å². The van der Waals surface area contributed by atoms with E-state index in [2.05, 4.69) is 15.5 Å². The lowest BCUT2D eigenvalue weighted by Gasteiger charge is -2.25. The fourth-order valence-electron chi connectivity index (χ4n) is 2.58. The molecule has 5 nitrogen and oxygen atoms in total. The number of hydrogen-bond acceptors (Lipinski definition) is 4. The first-order valence-corrected chi connectivity index (χ1v) is 6.77. The van der Waals surface area contributed by atoms with E-state index in [1.807, 2.05) is 6.07 Å². The summed E-state index contributed by atoms with van der Waals surface area (Å²) >= 11 is 0. The molecule has 1 atom stereocenters. The summed E-state index contributed by atoms with van der Waals surface area (Å²) in [4.78, 5) is 0. The molecular formula is C13H15F3N4O. The van der Waals surface area contributed by atoms with Gasteiger partial charge < -0.3 is 14.3 Å². The number of hydrogen-bond donors (Lipinski definition) is 1. The number of fused-ring (bicyclic) bond motifs is 1. The van der Waals surface area contributed by atoms with Gasteiger partial charge in [0, 0.05) is 6.54 Å². The van der Waals surface area contributed by atoms with Crippen LogP contribution >= 0.6 is 0 Å². The highest BCUT2D eigenvalue weighted by Crippen LogP contribution is 2.40. The maximum Gasteiger partial charge on any atom is 0.398 e. The highest BCUT2D eigenvalue weighted by molar-refractivity contribution is 5.08. The molecule has 0 fully saturated rings. The second-order valence-electron chi connectivity index (χ2n) is 5.05. The lowest BCUT2D eigenvalue weighted by atomic mass is 9.98. The fraction of sp³-hybridized carbons (Fsp3) is 0.538. The number of furan rings is 1. The maximum atomic E-state index is 13.0. The Morgan fingerprint density at radius 1 is 1.33 bits per heavy atom. The van der Waals surface area contributed by atoms with Crippen LogP contribution in [0.25, 0.3) is 0 Å². The van der Waals surface area contributed by atoms with Crippen LogP contribution in [0.5, 0.6) is 0 Å². The van der Waals surface area contributed by atoms with Crippen molar-refractivity contribution in [2.45, 2.75) is 44.6 Å². The maximum absolute atomic E-state index is 13.0. The second kappa shape index (κ2) is 5.51. The van der Waals surface area contributed by atoms with E-state index in [0.29, 0.717) is 31.9 Å². The fourth-order valence-corrected chi connectivity index (χ4v) is 2.58. The van der Waals surface area contributed by atoms with Crippen molar-refractivity contribution in [2.24, 2.45) is 0 Å². The Morgan fingerprint density at radius 2 is 2.19 bits per heavy atom. The molecule has 1 aliphatic rings. The van der Waals surface area contributed by atoms with E-state index in [1.54, 1.807) is 16.9 Å². The predicted molar refractivity (Wildman–Crippen MR) is 67.3 cm³/mol. The summed E-state index contributed by atoms with van der Waals surface area (Å²) in [5.74, 6) is -0.173. The quantitative estimate of drug-likeness (QED) is 0.943. The minimum atomic E-state index is -4.26. The smallest absolute Gasteiger partial charge is 0.398 e. The first-order chi connectivity index (χ1) is 10.1. The Balaban J connectivity index is 1.69. The lowest BCUT2D eigenvalue weighted by Crippen LogP contribution is -2.29. The Hall–Kier alpha value is -1.83. The van der Waals surface area contributed by atoms with E-state index in [4.69, 9.17) is 4.42 Å².